The quantitative estimate of drug-likeness (QED) is 0.659. The molecule has 7 nitrogen and oxygen atoms in total. The maximum Gasteiger partial charge on any atom is 0.241 e. The first-order valence-electron chi connectivity index (χ1n) is 10.7. The second-order valence-corrected chi connectivity index (χ2v) is 9.63. The average molecular weight is 458 g/mol. The van der Waals surface area contributed by atoms with Gasteiger partial charge < -0.3 is 9.64 Å². The lowest BCUT2D eigenvalue weighted by molar-refractivity contribution is -0.134. The van der Waals surface area contributed by atoms with Crippen LogP contribution in [-0.4, -0.2) is 70.0 Å². The lowest BCUT2D eigenvalue weighted by Crippen LogP contribution is -2.54. The highest BCUT2D eigenvalue weighted by molar-refractivity contribution is 7.89. The summed E-state index contributed by atoms with van der Waals surface area (Å²) in [5.41, 5.74) is 1.88. The lowest BCUT2D eigenvalue weighted by atomic mass is 10.2. The fourth-order valence-electron chi connectivity index (χ4n) is 3.70. The molecule has 1 N–H and O–H groups in total. The first-order valence-corrected chi connectivity index (χ1v) is 12.2. The number of ether oxygens (including phenoxy) is 1. The molecule has 1 saturated heterocycles. The topological polar surface area (TPSA) is 78.9 Å². The molecule has 172 valence electrons. The number of hydrogen-bond donors (Lipinski definition) is 1. The molecule has 0 bridgehead atoms. The number of aryl methyl sites for hydroxylation is 1. The number of methoxy groups -OCH3 is 1. The standard InChI is InChI=1S/C24H31N3O4S/c1-19-18-22(11-12-23(19)31-3)32(29,30)25-20(2)24(28)27-16-14-26(15-17-27)13-7-10-21-8-5-4-6-9-21/h4-12,18,20,25H,13-17H2,1-3H3/b10-7+/t20-/m1/s1. The van der Waals surface area contributed by atoms with Crippen LogP contribution in [0.15, 0.2) is 59.5 Å². The number of carbonyl (C=O) groups excluding carboxylic acids is 1. The Morgan fingerprint density at radius 2 is 1.81 bits per heavy atom. The van der Waals surface area contributed by atoms with E-state index in [4.69, 9.17) is 4.74 Å². The molecule has 1 fully saturated rings. The van der Waals surface area contributed by atoms with E-state index in [1.807, 2.05) is 18.2 Å². The van der Waals surface area contributed by atoms with Crippen LogP contribution in [0.25, 0.3) is 6.08 Å². The van der Waals surface area contributed by atoms with Crippen LogP contribution < -0.4 is 9.46 Å². The highest BCUT2D eigenvalue weighted by atomic mass is 32.2. The van der Waals surface area contributed by atoms with E-state index >= 15 is 0 Å². The molecular formula is C24H31N3O4S. The minimum atomic E-state index is -3.81. The van der Waals surface area contributed by atoms with E-state index in [9.17, 15) is 13.2 Å². The number of nitrogens with zero attached hydrogens (tertiary/aromatic N) is 2. The lowest BCUT2D eigenvalue weighted by Gasteiger charge is -2.35. The van der Waals surface area contributed by atoms with Crippen LogP contribution >= 0.6 is 0 Å². The Kier molecular flexibility index (Phi) is 8.06. The van der Waals surface area contributed by atoms with E-state index < -0.39 is 16.1 Å². The molecule has 32 heavy (non-hydrogen) atoms. The zero-order valence-corrected chi connectivity index (χ0v) is 19.6. The van der Waals surface area contributed by atoms with Crippen molar-refractivity contribution in [2.24, 2.45) is 0 Å². The van der Waals surface area contributed by atoms with E-state index in [2.05, 4.69) is 33.9 Å². The molecule has 0 saturated carbocycles. The Bertz CT molecular complexity index is 1050. The Morgan fingerprint density at radius 1 is 1.12 bits per heavy atom. The van der Waals surface area contributed by atoms with Gasteiger partial charge in [-0.1, -0.05) is 42.5 Å². The third kappa shape index (κ3) is 6.18. The third-order valence-corrected chi connectivity index (χ3v) is 7.07. The van der Waals surface area contributed by atoms with Gasteiger partial charge >= 0.3 is 0 Å². The molecule has 1 aliphatic heterocycles. The number of carbonyl (C=O) groups is 1. The maximum absolute atomic E-state index is 12.8. The zero-order valence-electron chi connectivity index (χ0n) is 18.8. The first-order chi connectivity index (χ1) is 15.3. The molecule has 1 amide bonds. The molecule has 2 aromatic carbocycles. The summed E-state index contributed by atoms with van der Waals surface area (Å²) in [5, 5.41) is 0. The zero-order chi connectivity index (χ0) is 23.1. The Morgan fingerprint density at radius 3 is 2.44 bits per heavy atom. The van der Waals surface area contributed by atoms with Crippen molar-refractivity contribution in [2.45, 2.75) is 24.8 Å². The van der Waals surface area contributed by atoms with Gasteiger partial charge in [-0.05, 0) is 43.2 Å². The van der Waals surface area contributed by atoms with E-state index in [1.165, 1.54) is 13.2 Å². The largest absolute Gasteiger partial charge is 0.496 e. The van der Waals surface area contributed by atoms with Crippen molar-refractivity contribution in [3.05, 3.63) is 65.7 Å². The summed E-state index contributed by atoms with van der Waals surface area (Å²) in [6, 6.07) is 13.9. The van der Waals surface area contributed by atoms with Crippen LogP contribution in [0.3, 0.4) is 0 Å². The maximum atomic E-state index is 12.8. The van der Waals surface area contributed by atoms with Crippen LogP contribution in [0.4, 0.5) is 0 Å². The van der Waals surface area contributed by atoms with Gasteiger partial charge in [0.05, 0.1) is 18.0 Å². The van der Waals surface area contributed by atoms with Gasteiger partial charge in [0.2, 0.25) is 15.9 Å². The van der Waals surface area contributed by atoms with Crippen LogP contribution in [0.1, 0.15) is 18.1 Å². The number of piperazine rings is 1. The van der Waals surface area contributed by atoms with Gasteiger partial charge in [0.25, 0.3) is 0 Å². The molecule has 8 heteroatoms. The highest BCUT2D eigenvalue weighted by Gasteiger charge is 2.28. The number of amides is 1. The predicted octanol–water partition coefficient (Wildman–Crippen LogP) is 2.53. The molecular weight excluding hydrogens is 426 g/mol. The monoisotopic (exact) mass is 457 g/mol. The number of hydrogen-bond acceptors (Lipinski definition) is 5. The van der Waals surface area contributed by atoms with E-state index in [0.717, 1.165) is 25.2 Å². The minimum Gasteiger partial charge on any atom is -0.496 e. The molecule has 0 spiro atoms. The fraction of sp³-hybridized carbons (Fsp3) is 0.375. The summed E-state index contributed by atoms with van der Waals surface area (Å²) in [7, 11) is -2.28. The second kappa shape index (κ2) is 10.8. The summed E-state index contributed by atoms with van der Waals surface area (Å²) in [4.78, 5) is 16.9. The number of nitrogens with one attached hydrogen (secondary N) is 1. The molecule has 3 rings (SSSR count). The van der Waals surface area contributed by atoms with Gasteiger partial charge in [-0.15, -0.1) is 0 Å². The summed E-state index contributed by atoms with van der Waals surface area (Å²) < 4.78 is 33.2. The van der Waals surface area contributed by atoms with E-state index in [1.54, 1.807) is 30.9 Å². The first kappa shape index (κ1) is 24.0. The van der Waals surface area contributed by atoms with Crippen LogP contribution in [0, 0.1) is 6.92 Å². The Labute approximate surface area is 190 Å². The van der Waals surface area contributed by atoms with Crippen molar-refractivity contribution in [1.29, 1.82) is 0 Å². The van der Waals surface area contributed by atoms with E-state index in [0.29, 0.717) is 24.4 Å². The van der Waals surface area contributed by atoms with Gasteiger partial charge in [0.15, 0.2) is 0 Å². The van der Waals surface area contributed by atoms with E-state index in [-0.39, 0.29) is 10.8 Å². The highest BCUT2D eigenvalue weighted by Crippen LogP contribution is 2.21. The Hall–Kier alpha value is -2.68. The number of rotatable bonds is 8. The van der Waals surface area contributed by atoms with Crippen molar-refractivity contribution in [3.63, 3.8) is 0 Å². The summed E-state index contributed by atoms with van der Waals surface area (Å²) in [5.74, 6) is 0.405. The Balaban J connectivity index is 1.51. The van der Waals surface area contributed by atoms with Crippen LogP contribution in [0.5, 0.6) is 5.75 Å². The van der Waals surface area contributed by atoms with Gasteiger partial charge in [0, 0.05) is 32.7 Å². The van der Waals surface area contributed by atoms with Gasteiger partial charge in [-0.3, -0.25) is 9.69 Å². The normalized spacial score (nSPS) is 16.3. The van der Waals surface area contributed by atoms with Gasteiger partial charge in [0.1, 0.15) is 5.75 Å². The van der Waals surface area contributed by atoms with Crippen molar-refractivity contribution in [3.8, 4) is 5.75 Å². The molecule has 2 aromatic rings. The predicted molar refractivity (Wildman–Crippen MR) is 126 cm³/mol. The molecule has 1 heterocycles. The van der Waals surface area contributed by atoms with Crippen molar-refractivity contribution < 1.29 is 17.9 Å². The third-order valence-electron chi connectivity index (χ3n) is 5.54. The van der Waals surface area contributed by atoms with Gasteiger partial charge in [-0.25, -0.2) is 8.42 Å². The molecule has 1 aliphatic rings. The average Bonchev–Trinajstić information content (AvgIpc) is 2.79. The molecule has 0 unspecified atom stereocenters. The number of benzene rings is 2. The number of sulfonamides is 1. The molecule has 1 atom stereocenters. The molecule has 0 radical (unpaired) electrons. The summed E-state index contributed by atoms with van der Waals surface area (Å²) in [6.45, 7) is 6.84. The minimum absolute atomic E-state index is 0.116. The smallest absolute Gasteiger partial charge is 0.241 e. The SMILES string of the molecule is COc1ccc(S(=O)(=O)N[C@H](C)C(=O)N2CCN(C/C=C/c3ccccc3)CC2)cc1C. The van der Waals surface area contributed by atoms with Crippen LogP contribution in [-0.2, 0) is 14.8 Å². The van der Waals surface area contributed by atoms with Crippen molar-refractivity contribution in [1.82, 2.24) is 14.5 Å². The summed E-state index contributed by atoms with van der Waals surface area (Å²) >= 11 is 0. The molecule has 0 aliphatic carbocycles. The molecule has 0 aromatic heterocycles. The second-order valence-electron chi connectivity index (χ2n) is 7.91. The van der Waals surface area contributed by atoms with Crippen molar-refractivity contribution >= 4 is 22.0 Å². The summed E-state index contributed by atoms with van der Waals surface area (Å²) in [6.07, 6.45) is 4.22. The van der Waals surface area contributed by atoms with Crippen molar-refractivity contribution in [2.75, 3.05) is 39.8 Å². The van der Waals surface area contributed by atoms with Crippen LogP contribution in [0.2, 0.25) is 0 Å². The van der Waals surface area contributed by atoms with Gasteiger partial charge in [-0.2, -0.15) is 4.72 Å². The fourth-order valence-corrected chi connectivity index (χ4v) is 4.98.